The van der Waals surface area contributed by atoms with Crippen LogP contribution >= 0.6 is 0 Å². The van der Waals surface area contributed by atoms with E-state index in [1.807, 2.05) is 4.90 Å². The number of nitrogens with zero attached hydrogens (tertiary/aromatic N) is 1. The highest BCUT2D eigenvalue weighted by Gasteiger charge is 2.31. The minimum atomic E-state index is -0.284. The lowest BCUT2D eigenvalue weighted by Gasteiger charge is -2.31. The van der Waals surface area contributed by atoms with Crippen LogP contribution in [0.2, 0.25) is 0 Å². The van der Waals surface area contributed by atoms with Crippen molar-refractivity contribution in [3.63, 3.8) is 0 Å². The first kappa shape index (κ1) is 13.0. The Morgan fingerprint density at radius 2 is 2.17 bits per heavy atom. The molecule has 0 aliphatic carbocycles. The normalized spacial score (nSPS) is 16.3. The third-order valence-electron chi connectivity index (χ3n) is 3.46. The van der Waals surface area contributed by atoms with E-state index >= 15 is 0 Å². The monoisotopic (exact) mass is 250 g/mol. The van der Waals surface area contributed by atoms with Crippen molar-refractivity contribution in [1.29, 1.82) is 5.41 Å². The smallest absolute Gasteiger partial charge is 0.129 e. The number of benzene rings is 1. The maximum Gasteiger partial charge on any atom is 0.129 e. The van der Waals surface area contributed by atoms with Gasteiger partial charge in [0, 0.05) is 19.2 Å². The van der Waals surface area contributed by atoms with Gasteiger partial charge in [-0.3, -0.25) is 5.41 Å². The van der Waals surface area contributed by atoms with E-state index in [9.17, 15) is 4.39 Å². The molecule has 0 radical (unpaired) electrons. The molecule has 0 aromatic heterocycles. The SMILES string of the molecule is COCC(C(C)C)N1Cc2ccc(F)cc2C1=N. The number of rotatable bonds is 4. The van der Waals surface area contributed by atoms with Crippen LogP contribution in [0.1, 0.15) is 25.0 Å². The number of ether oxygens (including phenoxy) is 1. The summed E-state index contributed by atoms with van der Waals surface area (Å²) in [4.78, 5) is 2.00. The zero-order valence-electron chi connectivity index (χ0n) is 11.0. The van der Waals surface area contributed by atoms with Crippen molar-refractivity contribution in [1.82, 2.24) is 4.90 Å². The second-order valence-corrected chi connectivity index (χ2v) is 5.04. The lowest BCUT2D eigenvalue weighted by atomic mass is 10.0. The summed E-state index contributed by atoms with van der Waals surface area (Å²) in [7, 11) is 1.67. The fourth-order valence-electron chi connectivity index (χ4n) is 2.42. The van der Waals surface area contributed by atoms with Crippen molar-refractivity contribution < 1.29 is 9.13 Å². The Hall–Kier alpha value is -1.42. The molecule has 1 aliphatic heterocycles. The largest absolute Gasteiger partial charge is 0.383 e. The first-order valence-electron chi connectivity index (χ1n) is 6.17. The molecule has 3 nitrogen and oxygen atoms in total. The van der Waals surface area contributed by atoms with E-state index in [2.05, 4.69) is 13.8 Å². The third kappa shape index (κ3) is 2.25. The molecule has 18 heavy (non-hydrogen) atoms. The van der Waals surface area contributed by atoms with Crippen LogP contribution in [0.5, 0.6) is 0 Å². The molecule has 98 valence electrons. The van der Waals surface area contributed by atoms with Gasteiger partial charge < -0.3 is 9.64 Å². The Kier molecular flexibility index (Phi) is 3.66. The molecule has 1 aromatic carbocycles. The van der Waals surface area contributed by atoms with Crippen LogP contribution in [0.4, 0.5) is 4.39 Å². The van der Waals surface area contributed by atoms with Crippen LogP contribution in [0.3, 0.4) is 0 Å². The quantitative estimate of drug-likeness (QED) is 0.891. The fourth-order valence-corrected chi connectivity index (χ4v) is 2.42. The van der Waals surface area contributed by atoms with E-state index < -0.39 is 0 Å². The van der Waals surface area contributed by atoms with Gasteiger partial charge in [-0.25, -0.2) is 4.39 Å². The second-order valence-electron chi connectivity index (χ2n) is 5.04. The molecule has 0 saturated carbocycles. The molecular weight excluding hydrogens is 231 g/mol. The molecule has 1 unspecified atom stereocenters. The fraction of sp³-hybridized carbons (Fsp3) is 0.500. The van der Waals surface area contributed by atoms with Gasteiger partial charge in [-0.15, -0.1) is 0 Å². The summed E-state index contributed by atoms with van der Waals surface area (Å²) in [5.74, 6) is 0.498. The van der Waals surface area contributed by atoms with Crippen molar-refractivity contribution in [2.75, 3.05) is 13.7 Å². The van der Waals surface area contributed by atoms with E-state index in [0.29, 0.717) is 30.5 Å². The Labute approximate surface area is 107 Å². The molecule has 0 spiro atoms. The zero-order valence-corrected chi connectivity index (χ0v) is 11.0. The van der Waals surface area contributed by atoms with E-state index in [-0.39, 0.29) is 11.9 Å². The Morgan fingerprint density at radius 3 is 2.78 bits per heavy atom. The summed E-state index contributed by atoms with van der Waals surface area (Å²) in [6, 6.07) is 4.82. The Balaban J connectivity index is 2.27. The number of hydrogen-bond acceptors (Lipinski definition) is 2. The maximum absolute atomic E-state index is 13.2. The number of nitrogens with one attached hydrogen (secondary N) is 1. The van der Waals surface area contributed by atoms with Crippen LogP contribution in [-0.4, -0.2) is 30.5 Å². The first-order valence-corrected chi connectivity index (χ1v) is 6.17. The highest BCUT2D eigenvalue weighted by Crippen LogP contribution is 2.27. The van der Waals surface area contributed by atoms with Crippen molar-refractivity contribution in [2.45, 2.75) is 26.4 Å². The van der Waals surface area contributed by atoms with Crippen LogP contribution in [0, 0.1) is 17.1 Å². The number of methoxy groups -OCH3 is 1. The van der Waals surface area contributed by atoms with Gasteiger partial charge in [0.05, 0.1) is 12.6 Å². The highest BCUT2D eigenvalue weighted by atomic mass is 19.1. The van der Waals surface area contributed by atoms with Crippen LogP contribution < -0.4 is 0 Å². The van der Waals surface area contributed by atoms with Gasteiger partial charge in [-0.2, -0.15) is 0 Å². The van der Waals surface area contributed by atoms with Gasteiger partial charge in [0.15, 0.2) is 0 Å². The minimum Gasteiger partial charge on any atom is -0.383 e. The second kappa shape index (κ2) is 5.06. The summed E-state index contributed by atoms with van der Waals surface area (Å²) in [6.07, 6.45) is 0. The first-order chi connectivity index (χ1) is 8.54. The van der Waals surface area contributed by atoms with Gasteiger partial charge in [-0.05, 0) is 23.6 Å². The van der Waals surface area contributed by atoms with Crippen molar-refractivity contribution in [2.24, 2.45) is 5.92 Å². The predicted octanol–water partition coefficient (Wildman–Crippen LogP) is 2.64. The molecule has 0 bridgehead atoms. The molecule has 1 heterocycles. The van der Waals surface area contributed by atoms with Crippen LogP contribution in [0.25, 0.3) is 0 Å². The summed E-state index contributed by atoms with van der Waals surface area (Å²) < 4.78 is 18.5. The topological polar surface area (TPSA) is 36.3 Å². The standard InChI is InChI=1S/C14H19FN2O/c1-9(2)13(8-18-3)17-7-10-4-5-11(15)6-12(10)14(17)16/h4-6,9,13,16H,7-8H2,1-3H3. The summed E-state index contributed by atoms with van der Waals surface area (Å²) in [5.41, 5.74) is 1.72. The number of amidine groups is 1. The molecule has 1 aromatic rings. The minimum absolute atomic E-state index is 0.151. The summed E-state index contributed by atoms with van der Waals surface area (Å²) in [6.45, 7) is 5.47. The van der Waals surface area contributed by atoms with Gasteiger partial charge in [0.1, 0.15) is 11.7 Å². The molecule has 2 rings (SSSR count). The number of fused-ring (bicyclic) bond motifs is 1. The van der Waals surface area contributed by atoms with Crippen LogP contribution in [-0.2, 0) is 11.3 Å². The van der Waals surface area contributed by atoms with Crippen molar-refractivity contribution in [3.05, 3.63) is 35.1 Å². The molecule has 0 amide bonds. The van der Waals surface area contributed by atoms with Gasteiger partial charge >= 0.3 is 0 Å². The maximum atomic E-state index is 13.2. The van der Waals surface area contributed by atoms with Gasteiger partial charge in [0.25, 0.3) is 0 Å². The molecule has 4 heteroatoms. The third-order valence-corrected chi connectivity index (χ3v) is 3.46. The number of halogens is 1. The van der Waals surface area contributed by atoms with E-state index in [1.54, 1.807) is 13.2 Å². The van der Waals surface area contributed by atoms with Crippen LogP contribution in [0.15, 0.2) is 18.2 Å². The molecule has 0 fully saturated rings. The summed E-state index contributed by atoms with van der Waals surface area (Å²) >= 11 is 0. The molecule has 1 atom stereocenters. The van der Waals surface area contributed by atoms with Crippen molar-refractivity contribution in [3.8, 4) is 0 Å². The molecule has 1 aliphatic rings. The van der Waals surface area contributed by atoms with Gasteiger partial charge in [0.2, 0.25) is 0 Å². The van der Waals surface area contributed by atoms with E-state index in [0.717, 1.165) is 5.56 Å². The van der Waals surface area contributed by atoms with Gasteiger partial charge in [-0.1, -0.05) is 19.9 Å². The molecular formula is C14H19FN2O. The Bertz CT molecular complexity index is 459. The number of hydrogen-bond donors (Lipinski definition) is 1. The van der Waals surface area contributed by atoms with Crippen molar-refractivity contribution >= 4 is 5.84 Å². The average molecular weight is 250 g/mol. The van der Waals surface area contributed by atoms with E-state index in [1.165, 1.54) is 12.1 Å². The highest BCUT2D eigenvalue weighted by molar-refractivity contribution is 6.00. The zero-order chi connectivity index (χ0) is 13.3. The summed E-state index contributed by atoms with van der Waals surface area (Å²) in [5, 5.41) is 8.19. The lowest BCUT2D eigenvalue weighted by molar-refractivity contribution is 0.102. The Morgan fingerprint density at radius 1 is 1.44 bits per heavy atom. The molecule has 0 saturated heterocycles. The predicted molar refractivity (Wildman–Crippen MR) is 69.3 cm³/mol. The average Bonchev–Trinajstić information content (AvgIpc) is 2.63. The van der Waals surface area contributed by atoms with E-state index in [4.69, 9.17) is 10.1 Å². The lowest BCUT2D eigenvalue weighted by Crippen LogP contribution is -2.42. The molecule has 1 N–H and O–H groups in total.